The third kappa shape index (κ3) is 52.7. The van der Waals surface area contributed by atoms with Crippen molar-refractivity contribution in [2.24, 2.45) is 0 Å². The minimum atomic E-state index is -0.771. The van der Waals surface area contributed by atoms with Gasteiger partial charge >= 0.3 is 17.9 Å². The summed E-state index contributed by atoms with van der Waals surface area (Å²) >= 11 is 0. The molecule has 0 fully saturated rings. The van der Waals surface area contributed by atoms with E-state index < -0.39 is 6.10 Å². The standard InChI is InChI=1S/C59H110O6/c1-4-7-10-13-16-19-22-25-28-29-30-32-34-37-40-43-46-49-52-58(61)64-55-56(54-63-57(60)51-48-45-42-39-36-33-27-24-21-18-15-12-9-6-3)65-59(62)53-50-47-44-41-38-35-31-26-23-20-17-14-11-8-5-2/h15,18,24,27,56H,4-14,16-17,19-23,25-26,28-55H2,1-3H3/b18-15-,27-24-. The zero-order chi connectivity index (χ0) is 47.2. The van der Waals surface area contributed by atoms with Gasteiger partial charge in [-0.25, -0.2) is 0 Å². The number of rotatable bonds is 53. The number of carbonyl (C=O) groups excluding carboxylic acids is 3. The van der Waals surface area contributed by atoms with Crippen molar-refractivity contribution in [2.75, 3.05) is 13.2 Å². The minimum absolute atomic E-state index is 0.0701. The maximum atomic E-state index is 12.8. The van der Waals surface area contributed by atoms with Crippen LogP contribution >= 0.6 is 0 Å². The lowest BCUT2D eigenvalue weighted by Crippen LogP contribution is -2.30. The molecule has 0 saturated heterocycles. The topological polar surface area (TPSA) is 78.9 Å². The van der Waals surface area contributed by atoms with Crippen LogP contribution in [0.15, 0.2) is 24.3 Å². The van der Waals surface area contributed by atoms with E-state index in [9.17, 15) is 14.4 Å². The van der Waals surface area contributed by atoms with Crippen LogP contribution in [0.5, 0.6) is 0 Å². The number of unbranched alkanes of at least 4 members (excludes halogenated alkanes) is 38. The molecule has 0 spiro atoms. The average molecular weight is 916 g/mol. The number of carbonyl (C=O) groups is 3. The van der Waals surface area contributed by atoms with Crippen molar-refractivity contribution in [3.8, 4) is 0 Å². The van der Waals surface area contributed by atoms with Gasteiger partial charge in [0.05, 0.1) is 0 Å². The Morgan fingerprint density at radius 1 is 0.308 bits per heavy atom. The van der Waals surface area contributed by atoms with Gasteiger partial charge in [-0.2, -0.15) is 0 Å². The van der Waals surface area contributed by atoms with E-state index in [1.54, 1.807) is 0 Å². The summed E-state index contributed by atoms with van der Waals surface area (Å²) in [6.07, 6.45) is 63.1. The molecule has 0 aromatic rings. The molecule has 0 aliphatic rings. The second kappa shape index (κ2) is 54.5. The molecule has 0 heterocycles. The van der Waals surface area contributed by atoms with Crippen molar-refractivity contribution in [2.45, 2.75) is 322 Å². The van der Waals surface area contributed by atoms with Crippen molar-refractivity contribution >= 4 is 17.9 Å². The summed E-state index contributed by atoms with van der Waals surface area (Å²) in [5, 5.41) is 0. The smallest absolute Gasteiger partial charge is 0.306 e. The van der Waals surface area contributed by atoms with E-state index in [2.05, 4.69) is 45.1 Å². The largest absolute Gasteiger partial charge is 0.462 e. The number of ether oxygens (including phenoxy) is 3. The molecule has 0 radical (unpaired) electrons. The average Bonchev–Trinajstić information content (AvgIpc) is 3.30. The lowest BCUT2D eigenvalue weighted by Gasteiger charge is -2.18. The minimum Gasteiger partial charge on any atom is -0.462 e. The highest BCUT2D eigenvalue weighted by Gasteiger charge is 2.19. The van der Waals surface area contributed by atoms with Gasteiger partial charge in [0.2, 0.25) is 0 Å². The fourth-order valence-electron chi connectivity index (χ4n) is 8.58. The highest BCUT2D eigenvalue weighted by Crippen LogP contribution is 2.17. The molecule has 0 amide bonds. The summed E-state index contributed by atoms with van der Waals surface area (Å²) in [6.45, 7) is 6.64. The fraction of sp³-hybridized carbons (Fsp3) is 0.881. The Balaban J connectivity index is 4.32. The SMILES string of the molecule is CCCC/C=C\C/C=C\CCCCCCCC(=O)OCC(COC(=O)CCCCCCCCCCCCCCCCCCCC)OC(=O)CCCCCCCCCCCCCCCCC. The highest BCUT2D eigenvalue weighted by atomic mass is 16.6. The number of esters is 3. The predicted octanol–water partition coefficient (Wildman–Crippen LogP) is 19.1. The van der Waals surface area contributed by atoms with Gasteiger partial charge in [-0.1, -0.05) is 276 Å². The van der Waals surface area contributed by atoms with Gasteiger partial charge in [-0.15, -0.1) is 0 Å². The van der Waals surface area contributed by atoms with Crippen molar-refractivity contribution in [1.82, 2.24) is 0 Å². The third-order valence-electron chi connectivity index (χ3n) is 13.0. The van der Waals surface area contributed by atoms with E-state index in [-0.39, 0.29) is 31.1 Å². The molecule has 0 N–H and O–H groups in total. The van der Waals surface area contributed by atoms with E-state index in [1.165, 1.54) is 199 Å². The zero-order valence-electron chi connectivity index (χ0n) is 43.8. The molecule has 0 aliphatic carbocycles. The molecule has 382 valence electrons. The maximum absolute atomic E-state index is 12.8. The van der Waals surface area contributed by atoms with E-state index >= 15 is 0 Å². The Hall–Kier alpha value is -2.11. The molecule has 1 unspecified atom stereocenters. The van der Waals surface area contributed by atoms with Crippen LogP contribution in [0.3, 0.4) is 0 Å². The number of hydrogen-bond donors (Lipinski definition) is 0. The molecule has 0 saturated carbocycles. The van der Waals surface area contributed by atoms with Gasteiger partial charge in [-0.3, -0.25) is 14.4 Å². The predicted molar refractivity (Wildman–Crippen MR) is 279 cm³/mol. The van der Waals surface area contributed by atoms with Gasteiger partial charge in [-0.05, 0) is 44.9 Å². The van der Waals surface area contributed by atoms with E-state index in [1.807, 2.05) is 0 Å². The van der Waals surface area contributed by atoms with Crippen molar-refractivity contribution in [3.63, 3.8) is 0 Å². The summed E-state index contributed by atoms with van der Waals surface area (Å²) < 4.78 is 16.9. The molecule has 1 atom stereocenters. The molecule has 65 heavy (non-hydrogen) atoms. The fourth-order valence-corrected chi connectivity index (χ4v) is 8.58. The molecule has 0 bridgehead atoms. The first-order valence-corrected chi connectivity index (χ1v) is 28.8. The Kier molecular flexibility index (Phi) is 52.7. The molecule has 0 aromatic heterocycles. The maximum Gasteiger partial charge on any atom is 0.306 e. The van der Waals surface area contributed by atoms with Crippen LogP contribution in [0.2, 0.25) is 0 Å². The summed E-state index contributed by atoms with van der Waals surface area (Å²) in [4.78, 5) is 38.1. The quantitative estimate of drug-likeness (QED) is 0.0262. The molecular formula is C59H110O6. The van der Waals surface area contributed by atoms with Crippen molar-refractivity contribution < 1.29 is 28.6 Å². The van der Waals surface area contributed by atoms with Crippen LogP contribution < -0.4 is 0 Å². The van der Waals surface area contributed by atoms with Crippen LogP contribution in [0.25, 0.3) is 0 Å². The molecule has 0 aliphatic heterocycles. The Labute approximate surface area is 404 Å². The van der Waals surface area contributed by atoms with Crippen molar-refractivity contribution in [3.05, 3.63) is 24.3 Å². The van der Waals surface area contributed by atoms with Gasteiger partial charge in [0, 0.05) is 19.3 Å². The molecular weight excluding hydrogens is 805 g/mol. The first kappa shape index (κ1) is 62.9. The number of allylic oxidation sites excluding steroid dienone is 4. The van der Waals surface area contributed by atoms with E-state index in [0.717, 1.165) is 77.0 Å². The molecule has 0 rings (SSSR count). The first-order valence-electron chi connectivity index (χ1n) is 28.8. The molecule has 6 nitrogen and oxygen atoms in total. The third-order valence-corrected chi connectivity index (χ3v) is 13.0. The van der Waals surface area contributed by atoms with E-state index in [0.29, 0.717) is 19.3 Å². The lowest BCUT2D eigenvalue weighted by molar-refractivity contribution is -0.167. The summed E-state index contributed by atoms with van der Waals surface area (Å²) in [5.74, 6) is -0.863. The zero-order valence-corrected chi connectivity index (χ0v) is 43.8. The van der Waals surface area contributed by atoms with Gasteiger partial charge < -0.3 is 14.2 Å². The van der Waals surface area contributed by atoms with Crippen LogP contribution in [0, 0.1) is 0 Å². The van der Waals surface area contributed by atoms with Gasteiger partial charge in [0.15, 0.2) is 6.10 Å². The molecule has 0 aromatic carbocycles. The molecule has 6 heteroatoms. The van der Waals surface area contributed by atoms with Gasteiger partial charge in [0.1, 0.15) is 13.2 Å². The van der Waals surface area contributed by atoms with Gasteiger partial charge in [0.25, 0.3) is 0 Å². The summed E-state index contributed by atoms with van der Waals surface area (Å²) in [6, 6.07) is 0. The monoisotopic (exact) mass is 915 g/mol. The summed E-state index contributed by atoms with van der Waals surface area (Å²) in [7, 11) is 0. The van der Waals surface area contributed by atoms with Crippen molar-refractivity contribution in [1.29, 1.82) is 0 Å². The van der Waals surface area contributed by atoms with Crippen LogP contribution in [0.1, 0.15) is 316 Å². The normalized spacial score (nSPS) is 12.1. The van der Waals surface area contributed by atoms with E-state index in [4.69, 9.17) is 14.2 Å². The Bertz CT molecular complexity index is 1050. The van der Waals surface area contributed by atoms with Crippen LogP contribution in [-0.4, -0.2) is 37.2 Å². The summed E-state index contributed by atoms with van der Waals surface area (Å²) in [5.41, 5.74) is 0. The van der Waals surface area contributed by atoms with Crippen LogP contribution in [-0.2, 0) is 28.6 Å². The second-order valence-electron chi connectivity index (χ2n) is 19.6. The second-order valence-corrected chi connectivity index (χ2v) is 19.6. The Morgan fingerprint density at radius 3 is 0.892 bits per heavy atom. The highest BCUT2D eigenvalue weighted by molar-refractivity contribution is 5.71. The first-order chi connectivity index (χ1) is 32.0. The Morgan fingerprint density at radius 2 is 0.569 bits per heavy atom. The lowest BCUT2D eigenvalue weighted by atomic mass is 10.0. The van der Waals surface area contributed by atoms with Crippen LogP contribution in [0.4, 0.5) is 0 Å². The number of hydrogen-bond acceptors (Lipinski definition) is 6.